The molecule has 10 nitrogen and oxygen atoms in total. The standard InChI is InChI=1S/C29H28ClN7O3/c30-24-10-6-9-22(15-24)18-36(28(39)32-16-21-7-2-1-3-8-21)34-27(38)19-37-29(40)35(20-33-37)14-13-23-17-31-26-12-5-4-11-25(23)26/h1-12,15,17,20,31H,13-14,16,18-19H2,(H,32,39)(H,34,38). The van der Waals surface area contributed by atoms with E-state index in [1.807, 2.05) is 60.8 Å². The van der Waals surface area contributed by atoms with Crippen molar-refractivity contribution < 1.29 is 9.59 Å². The molecule has 11 heteroatoms. The number of carbonyl (C=O) groups excluding carboxylic acids is 2. The molecular formula is C29H28ClN7O3. The minimum absolute atomic E-state index is 0.0703. The van der Waals surface area contributed by atoms with Crippen LogP contribution in [-0.2, 0) is 37.4 Å². The molecule has 0 saturated heterocycles. The Bertz CT molecular complexity index is 1680. The normalized spacial score (nSPS) is 10.9. The molecule has 5 rings (SSSR count). The van der Waals surface area contributed by atoms with Crippen LogP contribution in [-0.4, -0.2) is 36.3 Å². The van der Waals surface area contributed by atoms with Gasteiger partial charge in [0.05, 0.1) is 6.54 Å². The van der Waals surface area contributed by atoms with Gasteiger partial charge in [-0.1, -0.05) is 72.3 Å². The smallest absolute Gasteiger partial charge is 0.346 e. The van der Waals surface area contributed by atoms with Crippen LogP contribution in [0.25, 0.3) is 10.9 Å². The minimum Gasteiger partial charge on any atom is -0.361 e. The minimum atomic E-state index is -0.569. The topological polar surface area (TPSA) is 117 Å². The molecule has 0 radical (unpaired) electrons. The van der Waals surface area contributed by atoms with E-state index in [1.165, 1.54) is 10.9 Å². The summed E-state index contributed by atoms with van der Waals surface area (Å²) in [6.07, 6.45) is 3.97. The van der Waals surface area contributed by atoms with E-state index in [0.29, 0.717) is 18.0 Å². The Morgan fingerprint density at radius 1 is 0.975 bits per heavy atom. The molecule has 40 heavy (non-hydrogen) atoms. The van der Waals surface area contributed by atoms with E-state index in [9.17, 15) is 14.4 Å². The van der Waals surface area contributed by atoms with Gasteiger partial charge in [0.1, 0.15) is 12.9 Å². The first-order chi connectivity index (χ1) is 19.5. The molecule has 5 aromatic rings. The van der Waals surface area contributed by atoms with E-state index in [0.717, 1.165) is 37.3 Å². The molecule has 3 aromatic carbocycles. The number of para-hydroxylation sites is 1. The summed E-state index contributed by atoms with van der Waals surface area (Å²) in [4.78, 5) is 42.1. The third kappa shape index (κ3) is 6.59. The number of fused-ring (bicyclic) bond motifs is 1. The number of nitrogens with one attached hydrogen (secondary N) is 3. The monoisotopic (exact) mass is 557 g/mol. The highest BCUT2D eigenvalue weighted by atomic mass is 35.5. The molecule has 0 fully saturated rings. The summed E-state index contributed by atoms with van der Waals surface area (Å²) in [5, 5.41) is 9.69. The lowest BCUT2D eigenvalue weighted by Crippen LogP contribution is -2.51. The van der Waals surface area contributed by atoms with Crippen molar-refractivity contribution in [2.45, 2.75) is 32.6 Å². The SMILES string of the molecule is O=C(Cn1ncn(CCc2c[nH]c3ccccc23)c1=O)NN(Cc1cccc(Cl)c1)C(=O)NCc1ccccc1. The summed E-state index contributed by atoms with van der Waals surface area (Å²) in [5.41, 5.74) is 5.95. The van der Waals surface area contributed by atoms with Gasteiger partial charge >= 0.3 is 11.7 Å². The van der Waals surface area contributed by atoms with E-state index in [-0.39, 0.29) is 19.6 Å². The Labute approximate surface area is 235 Å². The van der Waals surface area contributed by atoms with Crippen LogP contribution in [0.5, 0.6) is 0 Å². The van der Waals surface area contributed by atoms with Crippen LogP contribution in [0.4, 0.5) is 4.79 Å². The van der Waals surface area contributed by atoms with Gasteiger partial charge in [-0.15, -0.1) is 0 Å². The number of aryl methyl sites for hydroxylation is 2. The second kappa shape index (κ2) is 12.4. The number of hydrazine groups is 1. The quantitative estimate of drug-likeness (QED) is 0.239. The Balaban J connectivity index is 1.23. The second-order valence-electron chi connectivity index (χ2n) is 9.27. The molecule has 2 aromatic heterocycles. The predicted octanol–water partition coefficient (Wildman–Crippen LogP) is 3.87. The average Bonchev–Trinajstić information content (AvgIpc) is 3.53. The summed E-state index contributed by atoms with van der Waals surface area (Å²) in [5.74, 6) is -0.569. The molecule has 3 amide bonds. The van der Waals surface area contributed by atoms with Crippen molar-refractivity contribution in [1.29, 1.82) is 0 Å². The fraction of sp³-hybridized carbons (Fsp3) is 0.172. The number of urea groups is 1. The Kier molecular flexibility index (Phi) is 8.26. The number of carbonyl (C=O) groups is 2. The van der Waals surface area contributed by atoms with Gasteiger partial charge in [0.2, 0.25) is 0 Å². The molecular weight excluding hydrogens is 530 g/mol. The zero-order chi connectivity index (χ0) is 27.9. The number of benzene rings is 3. The summed E-state index contributed by atoms with van der Waals surface area (Å²) in [7, 11) is 0. The van der Waals surface area contributed by atoms with Crippen molar-refractivity contribution in [3.8, 4) is 0 Å². The van der Waals surface area contributed by atoms with Crippen LogP contribution in [0, 0.1) is 0 Å². The first-order valence-electron chi connectivity index (χ1n) is 12.8. The number of nitrogens with zero attached hydrogens (tertiary/aromatic N) is 4. The third-order valence-electron chi connectivity index (χ3n) is 6.41. The first kappa shape index (κ1) is 26.8. The number of halogens is 1. The van der Waals surface area contributed by atoms with Crippen molar-refractivity contribution in [3.63, 3.8) is 0 Å². The van der Waals surface area contributed by atoms with E-state index >= 15 is 0 Å². The first-order valence-corrected chi connectivity index (χ1v) is 13.1. The number of hydrogen-bond acceptors (Lipinski definition) is 4. The lowest BCUT2D eigenvalue weighted by Gasteiger charge is -2.24. The molecule has 0 bridgehead atoms. The molecule has 0 aliphatic heterocycles. The van der Waals surface area contributed by atoms with E-state index in [1.54, 1.807) is 24.3 Å². The molecule has 0 spiro atoms. The maximum atomic E-state index is 13.0. The summed E-state index contributed by atoms with van der Waals surface area (Å²) in [6.45, 7) is 0.408. The average molecular weight is 558 g/mol. The van der Waals surface area contributed by atoms with Crippen molar-refractivity contribution in [1.82, 2.24) is 35.1 Å². The number of aromatic nitrogens is 4. The fourth-order valence-electron chi connectivity index (χ4n) is 4.38. The van der Waals surface area contributed by atoms with E-state index in [2.05, 4.69) is 20.8 Å². The van der Waals surface area contributed by atoms with Gasteiger partial charge < -0.3 is 10.3 Å². The largest absolute Gasteiger partial charge is 0.361 e. The molecule has 0 aliphatic rings. The van der Waals surface area contributed by atoms with Gasteiger partial charge in [-0.2, -0.15) is 5.10 Å². The summed E-state index contributed by atoms with van der Waals surface area (Å²) >= 11 is 6.11. The lowest BCUT2D eigenvalue weighted by molar-refractivity contribution is -0.125. The van der Waals surface area contributed by atoms with Gasteiger partial charge in [0, 0.05) is 35.2 Å². The molecule has 0 unspecified atom stereocenters. The van der Waals surface area contributed by atoms with Crippen molar-refractivity contribution in [2.24, 2.45) is 0 Å². The molecule has 0 saturated carbocycles. The summed E-state index contributed by atoms with van der Waals surface area (Å²) < 4.78 is 2.54. The van der Waals surface area contributed by atoms with Crippen molar-refractivity contribution >= 4 is 34.4 Å². The van der Waals surface area contributed by atoms with Crippen LogP contribution in [0.1, 0.15) is 16.7 Å². The van der Waals surface area contributed by atoms with Crippen molar-refractivity contribution in [3.05, 3.63) is 124 Å². The van der Waals surface area contributed by atoms with Gasteiger partial charge in [0.25, 0.3) is 5.91 Å². The third-order valence-corrected chi connectivity index (χ3v) is 6.64. The van der Waals surface area contributed by atoms with Gasteiger partial charge in [-0.05, 0) is 41.3 Å². The highest BCUT2D eigenvalue weighted by molar-refractivity contribution is 6.30. The molecule has 0 aliphatic carbocycles. The number of rotatable bonds is 9. The maximum absolute atomic E-state index is 13.0. The highest BCUT2D eigenvalue weighted by Gasteiger charge is 2.19. The Hall–Kier alpha value is -4.83. The summed E-state index contributed by atoms with van der Waals surface area (Å²) in [6, 6.07) is 23.9. The maximum Gasteiger partial charge on any atom is 0.346 e. The zero-order valence-electron chi connectivity index (χ0n) is 21.6. The molecule has 0 atom stereocenters. The van der Waals surface area contributed by atoms with E-state index < -0.39 is 17.6 Å². The molecule has 204 valence electrons. The van der Waals surface area contributed by atoms with Gasteiger partial charge in [-0.25, -0.2) is 19.3 Å². The number of hydrogen-bond donors (Lipinski definition) is 3. The number of amides is 3. The lowest BCUT2D eigenvalue weighted by atomic mass is 10.1. The molecule has 2 heterocycles. The highest BCUT2D eigenvalue weighted by Crippen LogP contribution is 2.18. The van der Waals surface area contributed by atoms with Crippen LogP contribution < -0.4 is 16.4 Å². The Morgan fingerprint density at radius 2 is 1.75 bits per heavy atom. The predicted molar refractivity (Wildman–Crippen MR) is 152 cm³/mol. The van der Waals surface area contributed by atoms with Crippen LogP contribution in [0.3, 0.4) is 0 Å². The van der Waals surface area contributed by atoms with E-state index in [4.69, 9.17) is 11.6 Å². The molecule has 3 N–H and O–H groups in total. The second-order valence-corrected chi connectivity index (χ2v) is 9.71. The van der Waals surface area contributed by atoms with Gasteiger partial charge in [0.15, 0.2) is 0 Å². The van der Waals surface area contributed by atoms with Crippen LogP contribution in [0.15, 0.2) is 96.2 Å². The van der Waals surface area contributed by atoms with Gasteiger partial charge in [-0.3, -0.25) is 14.8 Å². The number of H-pyrrole nitrogens is 1. The number of aromatic amines is 1. The Morgan fingerprint density at radius 3 is 2.58 bits per heavy atom. The fourth-order valence-corrected chi connectivity index (χ4v) is 4.60. The van der Waals surface area contributed by atoms with Crippen LogP contribution >= 0.6 is 11.6 Å². The zero-order valence-corrected chi connectivity index (χ0v) is 22.3. The van der Waals surface area contributed by atoms with Crippen molar-refractivity contribution in [2.75, 3.05) is 0 Å². The van der Waals surface area contributed by atoms with Crippen LogP contribution in [0.2, 0.25) is 5.02 Å².